The highest BCUT2D eigenvalue weighted by molar-refractivity contribution is 6.30. The van der Waals surface area contributed by atoms with Crippen LogP contribution in [0.25, 0.3) is 0 Å². The van der Waals surface area contributed by atoms with E-state index in [0.29, 0.717) is 22.9 Å². The van der Waals surface area contributed by atoms with Crippen molar-refractivity contribution in [2.75, 3.05) is 13.4 Å². The van der Waals surface area contributed by atoms with E-state index in [1.165, 1.54) is 0 Å². The summed E-state index contributed by atoms with van der Waals surface area (Å²) in [4.78, 5) is 0. The lowest BCUT2D eigenvalue weighted by molar-refractivity contribution is 0.173. The lowest BCUT2D eigenvalue weighted by Gasteiger charge is -2.04. The van der Waals surface area contributed by atoms with E-state index in [0.717, 1.165) is 5.56 Å². The molecule has 0 bridgehead atoms. The number of rotatable bonds is 2. The molecule has 1 aromatic rings. The molecular weight excluding hydrogens is 192 g/mol. The third-order valence-corrected chi connectivity index (χ3v) is 2.11. The summed E-state index contributed by atoms with van der Waals surface area (Å²) >= 11 is 5.85. The van der Waals surface area contributed by atoms with Gasteiger partial charge in [0.1, 0.15) is 0 Å². The predicted octanol–water partition coefficient (Wildman–Crippen LogP) is 1.60. The molecule has 0 spiro atoms. The van der Waals surface area contributed by atoms with Crippen LogP contribution in [0.4, 0.5) is 0 Å². The monoisotopic (exact) mass is 200 g/mol. The van der Waals surface area contributed by atoms with Crippen molar-refractivity contribution < 1.29 is 14.6 Å². The molecule has 0 aliphatic carbocycles. The SMILES string of the molecule is OCCc1cc(Cl)cc2c1OCO2. The van der Waals surface area contributed by atoms with E-state index in [-0.39, 0.29) is 13.4 Å². The van der Waals surface area contributed by atoms with Crippen LogP contribution in [-0.4, -0.2) is 18.5 Å². The van der Waals surface area contributed by atoms with Gasteiger partial charge in [0.2, 0.25) is 6.79 Å². The van der Waals surface area contributed by atoms with Crippen LogP contribution in [0.15, 0.2) is 12.1 Å². The highest BCUT2D eigenvalue weighted by atomic mass is 35.5. The fourth-order valence-electron chi connectivity index (χ4n) is 1.35. The first-order valence-electron chi connectivity index (χ1n) is 4.00. The molecule has 3 nitrogen and oxygen atoms in total. The molecule has 2 rings (SSSR count). The van der Waals surface area contributed by atoms with Gasteiger partial charge in [-0.3, -0.25) is 0 Å². The first-order chi connectivity index (χ1) is 6.31. The molecule has 0 radical (unpaired) electrons. The lowest BCUT2D eigenvalue weighted by atomic mass is 10.1. The van der Waals surface area contributed by atoms with Crippen molar-refractivity contribution in [3.8, 4) is 11.5 Å². The smallest absolute Gasteiger partial charge is 0.231 e. The van der Waals surface area contributed by atoms with Crippen LogP contribution in [0.3, 0.4) is 0 Å². The Bertz CT molecular complexity index is 325. The van der Waals surface area contributed by atoms with Gasteiger partial charge in [-0.25, -0.2) is 0 Å². The van der Waals surface area contributed by atoms with Crippen molar-refractivity contribution in [2.24, 2.45) is 0 Å². The molecule has 0 aromatic heterocycles. The summed E-state index contributed by atoms with van der Waals surface area (Å²) < 4.78 is 10.4. The standard InChI is InChI=1S/C9H9ClO3/c10-7-3-6(1-2-11)9-8(4-7)12-5-13-9/h3-4,11H,1-2,5H2. The van der Waals surface area contributed by atoms with Crippen molar-refractivity contribution >= 4 is 11.6 Å². The van der Waals surface area contributed by atoms with E-state index in [9.17, 15) is 0 Å². The molecule has 1 N–H and O–H groups in total. The Kier molecular flexibility index (Phi) is 2.29. The van der Waals surface area contributed by atoms with Gasteiger partial charge < -0.3 is 14.6 Å². The Morgan fingerprint density at radius 2 is 2.23 bits per heavy atom. The summed E-state index contributed by atoms with van der Waals surface area (Å²) in [5.74, 6) is 1.37. The van der Waals surface area contributed by atoms with Gasteiger partial charge in [-0.15, -0.1) is 0 Å². The van der Waals surface area contributed by atoms with Crippen LogP contribution >= 0.6 is 11.6 Å². The summed E-state index contributed by atoms with van der Waals surface area (Å²) in [6.07, 6.45) is 0.534. The summed E-state index contributed by atoms with van der Waals surface area (Å²) in [5.41, 5.74) is 0.891. The van der Waals surface area contributed by atoms with Crippen molar-refractivity contribution in [1.82, 2.24) is 0 Å². The Labute approximate surface area is 80.8 Å². The number of hydrogen-bond donors (Lipinski definition) is 1. The van der Waals surface area contributed by atoms with E-state index in [1.807, 2.05) is 0 Å². The predicted molar refractivity (Wildman–Crippen MR) is 48.4 cm³/mol. The third kappa shape index (κ3) is 1.57. The van der Waals surface area contributed by atoms with E-state index < -0.39 is 0 Å². The summed E-state index contributed by atoms with van der Waals surface area (Å²) in [6, 6.07) is 3.50. The fourth-order valence-corrected chi connectivity index (χ4v) is 1.58. The largest absolute Gasteiger partial charge is 0.454 e. The quantitative estimate of drug-likeness (QED) is 0.788. The van der Waals surface area contributed by atoms with Crippen LogP contribution in [0, 0.1) is 0 Å². The van der Waals surface area contributed by atoms with Crippen LogP contribution in [0.5, 0.6) is 11.5 Å². The van der Waals surface area contributed by atoms with Gasteiger partial charge in [0.25, 0.3) is 0 Å². The van der Waals surface area contributed by atoms with Crippen molar-refractivity contribution in [2.45, 2.75) is 6.42 Å². The summed E-state index contributed by atoms with van der Waals surface area (Å²) in [7, 11) is 0. The van der Waals surface area contributed by atoms with Gasteiger partial charge >= 0.3 is 0 Å². The number of benzene rings is 1. The number of ether oxygens (including phenoxy) is 2. The maximum Gasteiger partial charge on any atom is 0.231 e. The lowest BCUT2D eigenvalue weighted by Crippen LogP contribution is -1.96. The zero-order valence-corrected chi connectivity index (χ0v) is 7.67. The van der Waals surface area contributed by atoms with Gasteiger partial charge in [-0.05, 0) is 12.5 Å². The minimum atomic E-state index is 0.0795. The Hall–Kier alpha value is -0.930. The van der Waals surface area contributed by atoms with Gasteiger partial charge in [0, 0.05) is 23.3 Å². The molecule has 4 heteroatoms. The highest BCUT2D eigenvalue weighted by Gasteiger charge is 2.18. The van der Waals surface area contributed by atoms with Gasteiger partial charge in [0.05, 0.1) is 0 Å². The maximum atomic E-state index is 8.80. The third-order valence-electron chi connectivity index (χ3n) is 1.90. The molecule has 0 amide bonds. The second-order valence-electron chi connectivity index (χ2n) is 2.77. The second-order valence-corrected chi connectivity index (χ2v) is 3.21. The van der Waals surface area contributed by atoms with Crippen LogP contribution in [0.2, 0.25) is 5.02 Å². The molecule has 1 aliphatic rings. The fraction of sp³-hybridized carbons (Fsp3) is 0.333. The zero-order valence-electron chi connectivity index (χ0n) is 6.92. The summed E-state index contributed by atoms with van der Waals surface area (Å²) in [5, 5.41) is 9.41. The zero-order chi connectivity index (χ0) is 9.26. The number of hydrogen-bond acceptors (Lipinski definition) is 3. The van der Waals surface area contributed by atoms with Crippen molar-refractivity contribution in [3.05, 3.63) is 22.7 Å². The van der Waals surface area contributed by atoms with Gasteiger partial charge in [-0.1, -0.05) is 11.6 Å². The molecule has 0 fully saturated rings. The van der Waals surface area contributed by atoms with E-state index in [4.69, 9.17) is 26.2 Å². The Morgan fingerprint density at radius 3 is 3.00 bits per heavy atom. The first kappa shape index (κ1) is 8.66. The van der Waals surface area contributed by atoms with Crippen LogP contribution in [-0.2, 0) is 6.42 Å². The molecule has 0 saturated carbocycles. The first-order valence-corrected chi connectivity index (χ1v) is 4.38. The molecule has 0 atom stereocenters. The molecule has 70 valence electrons. The Morgan fingerprint density at radius 1 is 1.38 bits per heavy atom. The Balaban J connectivity index is 2.43. The summed E-state index contributed by atoms with van der Waals surface area (Å²) in [6.45, 7) is 0.310. The maximum absolute atomic E-state index is 8.80. The van der Waals surface area contributed by atoms with Crippen LogP contribution < -0.4 is 9.47 Å². The minimum absolute atomic E-state index is 0.0795. The number of fused-ring (bicyclic) bond motifs is 1. The molecule has 1 aliphatic heterocycles. The number of aliphatic hydroxyl groups is 1. The topological polar surface area (TPSA) is 38.7 Å². The molecule has 0 unspecified atom stereocenters. The molecule has 0 saturated heterocycles. The molecular formula is C9H9ClO3. The molecule has 1 aromatic carbocycles. The van der Waals surface area contributed by atoms with Crippen molar-refractivity contribution in [3.63, 3.8) is 0 Å². The van der Waals surface area contributed by atoms with Crippen LogP contribution in [0.1, 0.15) is 5.56 Å². The van der Waals surface area contributed by atoms with E-state index in [1.54, 1.807) is 12.1 Å². The second kappa shape index (κ2) is 3.44. The van der Waals surface area contributed by atoms with E-state index in [2.05, 4.69) is 0 Å². The highest BCUT2D eigenvalue weighted by Crippen LogP contribution is 2.38. The van der Waals surface area contributed by atoms with Crippen molar-refractivity contribution in [1.29, 1.82) is 0 Å². The molecule has 1 heterocycles. The van der Waals surface area contributed by atoms with Gasteiger partial charge in [0.15, 0.2) is 11.5 Å². The average molecular weight is 201 g/mol. The van der Waals surface area contributed by atoms with Gasteiger partial charge in [-0.2, -0.15) is 0 Å². The number of aliphatic hydroxyl groups excluding tert-OH is 1. The molecule has 13 heavy (non-hydrogen) atoms. The normalized spacial score (nSPS) is 13.4. The number of halogens is 1. The van der Waals surface area contributed by atoms with E-state index >= 15 is 0 Å². The average Bonchev–Trinajstić information content (AvgIpc) is 2.52. The minimum Gasteiger partial charge on any atom is -0.454 e.